The molecular formula is C20H32N4O3. The van der Waals surface area contributed by atoms with Gasteiger partial charge in [0.25, 0.3) is 0 Å². The van der Waals surface area contributed by atoms with E-state index in [0.717, 1.165) is 56.5 Å². The number of rotatable bonds is 10. The molecular weight excluding hydrogens is 344 g/mol. The Balaban J connectivity index is 1.72. The van der Waals surface area contributed by atoms with E-state index in [9.17, 15) is 4.79 Å². The number of carbonyl (C=O) groups is 1. The van der Waals surface area contributed by atoms with Crippen molar-refractivity contribution < 1.29 is 14.3 Å². The molecule has 0 saturated carbocycles. The van der Waals surface area contributed by atoms with Gasteiger partial charge in [0.15, 0.2) is 5.96 Å². The number of aliphatic imine (C=N–C) groups is 1. The molecule has 1 unspecified atom stereocenters. The number of guanidine groups is 1. The molecule has 7 heteroatoms. The van der Waals surface area contributed by atoms with Gasteiger partial charge in [-0.3, -0.25) is 4.79 Å². The number of likely N-dealkylation sites (tertiary alicyclic amines) is 1. The van der Waals surface area contributed by atoms with E-state index in [1.165, 1.54) is 0 Å². The smallest absolute Gasteiger partial charge is 0.222 e. The zero-order valence-electron chi connectivity index (χ0n) is 16.7. The first-order valence-electron chi connectivity index (χ1n) is 9.73. The van der Waals surface area contributed by atoms with Crippen LogP contribution in [0.5, 0.6) is 11.5 Å². The van der Waals surface area contributed by atoms with Crippen molar-refractivity contribution in [1.82, 2.24) is 15.5 Å². The first-order chi connectivity index (χ1) is 13.1. The number of nitrogens with one attached hydrogen (secondary N) is 2. The van der Waals surface area contributed by atoms with Gasteiger partial charge >= 0.3 is 0 Å². The van der Waals surface area contributed by atoms with Gasteiger partial charge in [0.2, 0.25) is 5.91 Å². The van der Waals surface area contributed by atoms with Gasteiger partial charge in [-0.2, -0.15) is 0 Å². The zero-order valence-corrected chi connectivity index (χ0v) is 16.7. The van der Waals surface area contributed by atoms with Crippen LogP contribution in [0.15, 0.2) is 29.3 Å². The molecule has 150 valence electrons. The second-order valence-electron chi connectivity index (χ2n) is 6.59. The molecule has 1 atom stereocenters. The average molecular weight is 377 g/mol. The van der Waals surface area contributed by atoms with Crippen LogP contribution in [0.1, 0.15) is 33.1 Å². The maximum Gasteiger partial charge on any atom is 0.222 e. The van der Waals surface area contributed by atoms with E-state index in [-0.39, 0.29) is 12.0 Å². The summed E-state index contributed by atoms with van der Waals surface area (Å²) in [5, 5.41) is 6.56. The summed E-state index contributed by atoms with van der Waals surface area (Å²) in [5.74, 6) is 2.66. The molecule has 1 aliphatic heterocycles. The summed E-state index contributed by atoms with van der Waals surface area (Å²) in [4.78, 5) is 18.1. The largest absolute Gasteiger partial charge is 0.497 e. The van der Waals surface area contributed by atoms with Crippen LogP contribution in [0.3, 0.4) is 0 Å². The highest BCUT2D eigenvalue weighted by Gasteiger charge is 2.18. The van der Waals surface area contributed by atoms with Crippen molar-refractivity contribution in [2.45, 2.75) is 39.2 Å². The summed E-state index contributed by atoms with van der Waals surface area (Å²) in [5.41, 5.74) is 0. The molecule has 1 aromatic rings. The normalized spacial score (nSPS) is 15.6. The Labute approximate surface area is 162 Å². The van der Waals surface area contributed by atoms with Crippen LogP contribution in [0, 0.1) is 0 Å². The predicted octanol–water partition coefficient (Wildman–Crippen LogP) is 2.03. The van der Waals surface area contributed by atoms with Crippen molar-refractivity contribution >= 4 is 11.9 Å². The Morgan fingerprint density at radius 2 is 2.00 bits per heavy atom. The number of hydrogen-bond donors (Lipinski definition) is 2. The minimum absolute atomic E-state index is 0.0453. The molecule has 0 spiro atoms. The zero-order chi connectivity index (χ0) is 19.5. The maximum absolute atomic E-state index is 11.6. The van der Waals surface area contributed by atoms with Crippen LogP contribution < -0.4 is 20.1 Å². The molecule has 1 aromatic carbocycles. The van der Waals surface area contributed by atoms with Crippen molar-refractivity contribution in [2.24, 2.45) is 4.99 Å². The van der Waals surface area contributed by atoms with E-state index < -0.39 is 0 Å². The number of ether oxygens (including phenoxy) is 2. The minimum Gasteiger partial charge on any atom is -0.497 e. The Bertz CT molecular complexity index is 604. The average Bonchev–Trinajstić information content (AvgIpc) is 3.08. The van der Waals surface area contributed by atoms with Gasteiger partial charge in [-0.25, -0.2) is 4.99 Å². The SMILES string of the molecule is CCNC(=NCC(C)Oc1ccc(OC)cc1)NCCCN1CCCC1=O. The number of amides is 1. The van der Waals surface area contributed by atoms with E-state index in [2.05, 4.69) is 15.6 Å². The summed E-state index contributed by atoms with van der Waals surface area (Å²) in [6.45, 7) is 7.86. The first-order valence-corrected chi connectivity index (χ1v) is 9.73. The molecule has 1 heterocycles. The second kappa shape index (κ2) is 11.3. The Morgan fingerprint density at radius 3 is 2.63 bits per heavy atom. The molecule has 1 amide bonds. The van der Waals surface area contributed by atoms with Crippen LogP contribution in [0.25, 0.3) is 0 Å². The summed E-state index contributed by atoms with van der Waals surface area (Å²) in [6.07, 6.45) is 2.55. The van der Waals surface area contributed by atoms with Crippen LogP contribution in [0.4, 0.5) is 0 Å². The lowest BCUT2D eigenvalue weighted by Crippen LogP contribution is -2.39. The fourth-order valence-corrected chi connectivity index (χ4v) is 2.90. The quantitative estimate of drug-likeness (QED) is 0.371. The number of benzene rings is 1. The maximum atomic E-state index is 11.6. The molecule has 1 saturated heterocycles. The third-order valence-corrected chi connectivity index (χ3v) is 4.32. The van der Waals surface area contributed by atoms with Gasteiger partial charge in [-0.1, -0.05) is 0 Å². The van der Waals surface area contributed by atoms with Gasteiger partial charge in [-0.05, 0) is 51.0 Å². The van der Waals surface area contributed by atoms with Crippen LogP contribution in [-0.4, -0.2) is 62.7 Å². The standard InChI is InChI=1S/C20H32N4O3/c1-4-21-20(22-12-6-14-24-13-5-7-19(24)25)23-15-16(2)27-18-10-8-17(26-3)9-11-18/h8-11,16H,4-7,12-15H2,1-3H3,(H2,21,22,23). The number of carbonyl (C=O) groups excluding carboxylic acids is 1. The van der Waals surface area contributed by atoms with E-state index in [1.54, 1.807) is 7.11 Å². The molecule has 0 aromatic heterocycles. The van der Waals surface area contributed by atoms with Crippen molar-refractivity contribution in [1.29, 1.82) is 0 Å². The number of hydrogen-bond acceptors (Lipinski definition) is 4. The molecule has 1 aliphatic rings. The van der Waals surface area contributed by atoms with E-state index >= 15 is 0 Å². The Kier molecular flexibility index (Phi) is 8.74. The third-order valence-electron chi connectivity index (χ3n) is 4.32. The van der Waals surface area contributed by atoms with Gasteiger partial charge in [0.05, 0.1) is 13.7 Å². The molecule has 0 aliphatic carbocycles. The van der Waals surface area contributed by atoms with E-state index in [0.29, 0.717) is 13.0 Å². The number of nitrogens with zero attached hydrogens (tertiary/aromatic N) is 2. The highest BCUT2D eigenvalue weighted by atomic mass is 16.5. The fraction of sp³-hybridized carbons (Fsp3) is 0.600. The topological polar surface area (TPSA) is 75.2 Å². The minimum atomic E-state index is -0.0453. The van der Waals surface area contributed by atoms with Gasteiger partial charge in [-0.15, -0.1) is 0 Å². The highest BCUT2D eigenvalue weighted by Crippen LogP contribution is 2.18. The van der Waals surface area contributed by atoms with E-state index in [1.807, 2.05) is 43.0 Å². The fourth-order valence-electron chi connectivity index (χ4n) is 2.90. The van der Waals surface area contributed by atoms with Crippen LogP contribution >= 0.6 is 0 Å². The van der Waals surface area contributed by atoms with Crippen molar-refractivity contribution in [2.75, 3.05) is 39.8 Å². The summed E-state index contributed by atoms with van der Waals surface area (Å²) < 4.78 is 11.0. The van der Waals surface area contributed by atoms with Crippen molar-refractivity contribution in [3.05, 3.63) is 24.3 Å². The van der Waals surface area contributed by atoms with Gasteiger partial charge in [0, 0.05) is 32.6 Å². The van der Waals surface area contributed by atoms with Crippen LogP contribution in [-0.2, 0) is 4.79 Å². The predicted molar refractivity (Wildman–Crippen MR) is 107 cm³/mol. The number of methoxy groups -OCH3 is 1. The summed E-state index contributed by atoms with van der Waals surface area (Å²) in [6, 6.07) is 7.54. The summed E-state index contributed by atoms with van der Waals surface area (Å²) in [7, 11) is 1.64. The first kappa shape index (κ1) is 20.9. The van der Waals surface area contributed by atoms with Gasteiger partial charge < -0.3 is 25.0 Å². The third kappa shape index (κ3) is 7.37. The van der Waals surface area contributed by atoms with Crippen LogP contribution in [0.2, 0.25) is 0 Å². The molecule has 0 radical (unpaired) electrons. The Hall–Kier alpha value is -2.44. The highest BCUT2D eigenvalue weighted by molar-refractivity contribution is 5.79. The van der Waals surface area contributed by atoms with Crippen molar-refractivity contribution in [3.8, 4) is 11.5 Å². The molecule has 27 heavy (non-hydrogen) atoms. The van der Waals surface area contributed by atoms with E-state index in [4.69, 9.17) is 9.47 Å². The molecule has 1 fully saturated rings. The lowest BCUT2D eigenvalue weighted by Gasteiger charge is -2.17. The molecule has 2 N–H and O–H groups in total. The second-order valence-corrected chi connectivity index (χ2v) is 6.59. The summed E-state index contributed by atoms with van der Waals surface area (Å²) >= 11 is 0. The molecule has 7 nitrogen and oxygen atoms in total. The van der Waals surface area contributed by atoms with Gasteiger partial charge in [0.1, 0.15) is 17.6 Å². The monoisotopic (exact) mass is 376 g/mol. The lowest BCUT2D eigenvalue weighted by molar-refractivity contribution is -0.127. The van der Waals surface area contributed by atoms with Crippen molar-refractivity contribution in [3.63, 3.8) is 0 Å². The lowest BCUT2D eigenvalue weighted by atomic mass is 10.3. The molecule has 2 rings (SSSR count). The molecule has 0 bridgehead atoms. The Morgan fingerprint density at radius 1 is 1.26 bits per heavy atom.